The number of rotatable bonds is 6. The zero-order valence-electron chi connectivity index (χ0n) is 19.0. The molecule has 1 radical (unpaired) electrons. The van der Waals surface area contributed by atoms with E-state index >= 15 is 0 Å². The second-order valence-electron chi connectivity index (χ2n) is 8.96. The first-order valence-corrected chi connectivity index (χ1v) is 11.0. The van der Waals surface area contributed by atoms with Crippen LogP contribution in [-0.4, -0.2) is 9.55 Å². The third-order valence-electron chi connectivity index (χ3n) is 5.37. The molecule has 0 amide bonds. The van der Waals surface area contributed by atoms with Crippen LogP contribution in [0.4, 0.5) is 5.69 Å². The third-order valence-corrected chi connectivity index (χ3v) is 5.37. The smallest absolute Gasteiger partial charge is 0.187 e. The average Bonchev–Trinajstić information content (AvgIpc) is 3.12. The molecule has 0 N–H and O–H groups in total. The summed E-state index contributed by atoms with van der Waals surface area (Å²) in [5.74, 6) is 1.86. The second kappa shape index (κ2) is 10.3. The fraction of sp³-hybridized carbons (Fsp3) is 0.286. The molecule has 0 aliphatic rings. The first-order chi connectivity index (χ1) is 15.0. The van der Waals surface area contributed by atoms with Gasteiger partial charge in [-0.15, -0.1) is 35.9 Å². The molecule has 165 valence electrons. The maximum Gasteiger partial charge on any atom is 0.187 e. The van der Waals surface area contributed by atoms with Crippen LogP contribution in [-0.2, 0) is 32.9 Å². The van der Waals surface area contributed by atoms with Crippen molar-refractivity contribution in [1.82, 2.24) is 9.55 Å². The molecule has 0 spiro atoms. The normalized spacial score (nSPS) is 11.0. The van der Waals surface area contributed by atoms with Crippen molar-refractivity contribution in [3.05, 3.63) is 89.3 Å². The minimum atomic E-state index is 0. The minimum absolute atomic E-state index is 0. The van der Waals surface area contributed by atoms with Gasteiger partial charge in [-0.1, -0.05) is 52.0 Å². The van der Waals surface area contributed by atoms with Crippen LogP contribution in [0.1, 0.15) is 38.8 Å². The maximum atomic E-state index is 7.66. The number of nitrogens with zero attached hydrogens (tertiary/aromatic N) is 3. The standard InChI is InChI=1S/C28H28N3.Ir/c1-19(2)15-22-17-24(29-5)18-23(16-20(3)4)27(22)31-26-14-10-9-13-25(26)30-28(31)21-11-7-6-8-12-21;/h6-11,13-14,17-20H,15-16H2,1-4H3;/q-1;. The molecule has 0 atom stereocenters. The Balaban J connectivity index is 0.00000289. The molecule has 0 aliphatic carbocycles. The van der Waals surface area contributed by atoms with Gasteiger partial charge < -0.3 is 4.57 Å². The molecule has 32 heavy (non-hydrogen) atoms. The summed E-state index contributed by atoms with van der Waals surface area (Å²) in [4.78, 5) is 8.80. The molecule has 4 aromatic rings. The van der Waals surface area contributed by atoms with Gasteiger partial charge in [0.25, 0.3) is 0 Å². The van der Waals surface area contributed by atoms with E-state index in [-0.39, 0.29) is 20.1 Å². The number of aromatic nitrogens is 2. The second-order valence-corrected chi connectivity index (χ2v) is 8.96. The van der Waals surface area contributed by atoms with Gasteiger partial charge in [-0.05, 0) is 47.9 Å². The predicted octanol–water partition coefficient (Wildman–Crippen LogP) is 7.44. The molecule has 0 bridgehead atoms. The van der Waals surface area contributed by atoms with Gasteiger partial charge >= 0.3 is 0 Å². The van der Waals surface area contributed by atoms with Crippen LogP contribution >= 0.6 is 0 Å². The van der Waals surface area contributed by atoms with E-state index in [0.717, 1.165) is 35.3 Å². The zero-order valence-corrected chi connectivity index (χ0v) is 21.4. The van der Waals surface area contributed by atoms with E-state index in [2.05, 4.69) is 79.6 Å². The molecule has 0 unspecified atom stereocenters. The van der Waals surface area contributed by atoms with Crippen LogP contribution < -0.4 is 0 Å². The number of fused-ring (bicyclic) bond motifs is 1. The van der Waals surface area contributed by atoms with Crippen LogP contribution in [0.15, 0.2) is 60.7 Å². The van der Waals surface area contributed by atoms with Crippen molar-refractivity contribution in [2.75, 3.05) is 0 Å². The van der Waals surface area contributed by atoms with Crippen molar-refractivity contribution in [1.29, 1.82) is 0 Å². The summed E-state index contributed by atoms with van der Waals surface area (Å²) < 4.78 is 2.30. The molecule has 4 heteroatoms. The number of hydrogen-bond donors (Lipinski definition) is 0. The topological polar surface area (TPSA) is 22.2 Å². The molecule has 3 nitrogen and oxygen atoms in total. The summed E-state index contributed by atoms with van der Waals surface area (Å²) in [6.45, 7) is 16.6. The Hall–Kier alpha value is -2.73. The number of para-hydroxylation sites is 2. The number of imidazole rings is 1. The van der Waals surface area contributed by atoms with E-state index in [0.29, 0.717) is 17.5 Å². The van der Waals surface area contributed by atoms with Crippen molar-refractivity contribution in [3.63, 3.8) is 0 Å². The van der Waals surface area contributed by atoms with Crippen LogP contribution in [0.25, 0.3) is 33.0 Å². The largest absolute Gasteiger partial charge is 0.333 e. The monoisotopic (exact) mass is 599 g/mol. The van der Waals surface area contributed by atoms with Crippen LogP contribution in [0.5, 0.6) is 0 Å². The zero-order chi connectivity index (χ0) is 22.0. The molecule has 0 saturated heterocycles. The Morgan fingerprint density at radius 1 is 0.938 bits per heavy atom. The molecule has 1 heterocycles. The molecular weight excluding hydrogens is 571 g/mol. The van der Waals surface area contributed by atoms with Crippen molar-refractivity contribution in [2.45, 2.75) is 40.5 Å². The van der Waals surface area contributed by atoms with Gasteiger partial charge in [-0.3, -0.25) is 4.98 Å². The van der Waals surface area contributed by atoms with E-state index in [1.165, 1.54) is 16.8 Å². The summed E-state index contributed by atoms with van der Waals surface area (Å²) in [6.07, 6.45) is 1.82. The first kappa shape index (κ1) is 23.9. The van der Waals surface area contributed by atoms with E-state index in [9.17, 15) is 0 Å². The summed E-state index contributed by atoms with van der Waals surface area (Å²) in [5.41, 5.74) is 7.33. The summed E-state index contributed by atoms with van der Waals surface area (Å²) in [7, 11) is 0. The minimum Gasteiger partial charge on any atom is -0.333 e. The van der Waals surface area contributed by atoms with Crippen LogP contribution in [0, 0.1) is 24.5 Å². The van der Waals surface area contributed by atoms with E-state index in [4.69, 9.17) is 11.6 Å². The van der Waals surface area contributed by atoms with Gasteiger partial charge in [0.2, 0.25) is 0 Å². The predicted molar refractivity (Wildman–Crippen MR) is 129 cm³/mol. The van der Waals surface area contributed by atoms with Crippen LogP contribution in [0.3, 0.4) is 0 Å². The van der Waals surface area contributed by atoms with Gasteiger partial charge in [0.05, 0.1) is 23.4 Å². The number of benzene rings is 3. The fourth-order valence-electron chi connectivity index (χ4n) is 4.25. The maximum absolute atomic E-state index is 7.66. The van der Waals surface area contributed by atoms with Crippen molar-refractivity contribution in [3.8, 4) is 17.1 Å². The average molecular weight is 599 g/mol. The third kappa shape index (κ3) is 4.85. The first-order valence-electron chi connectivity index (χ1n) is 11.0. The van der Waals surface area contributed by atoms with E-state index in [1.54, 1.807) is 0 Å². The molecule has 0 aliphatic heterocycles. The molecular formula is C28H28IrN3-. The summed E-state index contributed by atoms with van der Waals surface area (Å²) >= 11 is 0. The Morgan fingerprint density at radius 3 is 2.12 bits per heavy atom. The Labute approximate surface area is 204 Å². The van der Waals surface area contributed by atoms with Gasteiger partial charge in [0.1, 0.15) is 0 Å². The van der Waals surface area contributed by atoms with Crippen molar-refractivity contribution in [2.24, 2.45) is 11.8 Å². The SMILES string of the molecule is [C-]#[N+]c1cc(CC(C)C)c(-n2c(-c3[c-]cccc3)nc3ccccc32)c(CC(C)C)c1.[Ir]. The van der Waals surface area contributed by atoms with E-state index < -0.39 is 0 Å². The molecule has 4 rings (SSSR count). The van der Waals surface area contributed by atoms with Crippen molar-refractivity contribution < 1.29 is 20.1 Å². The van der Waals surface area contributed by atoms with Gasteiger partial charge in [0, 0.05) is 25.8 Å². The Morgan fingerprint density at radius 2 is 1.56 bits per heavy atom. The fourth-order valence-corrected chi connectivity index (χ4v) is 4.25. The Kier molecular flexibility index (Phi) is 7.67. The van der Waals surface area contributed by atoms with E-state index in [1.807, 2.05) is 24.3 Å². The summed E-state index contributed by atoms with van der Waals surface area (Å²) in [5, 5.41) is 0. The quantitative estimate of drug-likeness (QED) is 0.212. The molecule has 1 aromatic heterocycles. The Bertz CT molecular complexity index is 1220. The van der Waals surface area contributed by atoms with Gasteiger partial charge in [-0.2, -0.15) is 0 Å². The summed E-state index contributed by atoms with van der Waals surface area (Å²) in [6, 6.07) is 23.8. The van der Waals surface area contributed by atoms with Crippen LogP contribution in [0.2, 0.25) is 0 Å². The van der Waals surface area contributed by atoms with Gasteiger partial charge in [-0.25, -0.2) is 4.85 Å². The molecule has 3 aromatic carbocycles. The molecule has 0 fully saturated rings. The number of hydrogen-bond acceptors (Lipinski definition) is 1. The van der Waals surface area contributed by atoms with Crippen molar-refractivity contribution >= 4 is 16.7 Å². The van der Waals surface area contributed by atoms with Gasteiger partial charge in [0.15, 0.2) is 5.69 Å². The molecule has 0 saturated carbocycles.